The Balaban J connectivity index is 1.74. The zero-order valence-electron chi connectivity index (χ0n) is 11.7. The number of carbonyl (C=O) groups is 2. The molecule has 0 spiro atoms. The standard InChI is InChI=1S/C16H14ClNO4/c17-13-4-2-1-3-12(13)14-6-5-11(22-14)9-18-8-10(16(20)21)7-15(18)19/h1-6,10H,7-9H2,(H,20,21)/t10-/m1/s1. The van der Waals surface area contributed by atoms with Crippen LogP contribution in [0.25, 0.3) is 11.3 Å². The zero-order chi connectivity index (χ0) is 15.7. The number of amides is 1. The van der Waals surface area contributed by atoms with Crippen molar-refractivity contribution in [3.63, 3.8) is 0 Å². The SMILES string of the molecule is O=C(O)[C@@H]1CC(=O)N(Cc2ccc(-c3ccccc3Cl)o2)C1. The van der Waals surface area contributed by atoms with Gasteiger partial charge in [0.15, 0.2) is 0 Å². The number of carboxylic acids is 1. The molecule has 1 aliphatic rings. The van der Waals surface area contributed by atoms with E-state index in [0.29, 0.717) is 16.5 Å². The molecular weight excluding hydrogens is 306 g/mol. The molecule has 1 atom stereocenters. The molecule has 1 aromatic heterocycles. The Labute approximate surface area is 132 Å². The summed E-state index contributed by atoms with van der Waals surface area (Å²) in [7, 11) is 0. The summed E-state index contributed by atoms with van der Waals surface area (Å²) in [6.07, 6.45) is 0.0490. The number of likely N-dealkylation sites (tertiary alicyclic amines) is 1. The molecule has 0 saturated carbocycles. The molecule has 1 aromatic carbocycles. The Kier molecular flexibility index (Phi) is 3.90. The number of aliphatic carboxylic acids is 1. The molecule has 1 aliphatic heterocycles. The van der Waals surface area contributed by atoms with Gasteiger partial charge in [0.2, 0.25) is 5.91 Å². The number of benzene rings is 1. The molecule has 22 heavy (non-hydrogen) atoms. The van der Waals surface area contributed by atoms with Crippen molar-refractivity contribution in [2.24, 2.45) is 5.92 Å². The third-order valence-corrected chi connectivity index (χ3v) is 4.04. The van der Waals surface area contributed by atoms with E-state index < -0.39 is 11.9 Å². The summed E-state index contributed by atoms with van der Waals surface area (Å²) in [5.41, 5.74) is 0.784. The highest BCUT2D eigenvalue weighted by Gasteiger charge is 2.34. The summed E-state index contributed by atoms with van der Waals surface area (Å²) in [4.78, 5) is 24.3. The monoisotopic (exact) mass is 319 g/mol. The molecule has 6 heteroatoms. The largest absolute Gasteiger partial charge is 0.481 e. The quantitative estimate of drug-likeness (QED) is 0.940. The molecule has 114 valence electrons. The third-order valence-electron chi connectivity index (χ3n) is 3.71. The molecule has 1 fully saturated rings. The second-order valence-electron chi connectivity index (χ2n) is 5.26. The highest BCUT2D eigenvalue weighted by atomic mass is 35.5. The van der Waals surface area contributed by atoms with Crippen molar-refractivity contribution >= 4 is 23.5 Å². The number of rotatable bonds is 4. The van der Waals surface area contributed by atoms with E-state index in [4.69, 9.17) is 21.1 Å². The fourth-order valence-electron chi connectivity index (χ4n) is 2.55. The van der Waals surface area contributed by atoms with E-state index >= 15 is 0 Å². The van der Waals surface area contributed by atoms with Crippen LogP contribution >= 0.6 is 11.6 Å². The molecule has 0 aliphatic carbocycles. The van der Waals surface area contributed by atoms with Gasteiger partial charge in [-0.3, -0.25) is 9.59 Å². The maximum absolute atomic E-state index is 11.8. The molecule has 0 bridgehead atoms. The predicted molar refractivity (Wildman–Crippen MR) is 80.3 cm³/mol. The Bertz CT molecular complexity index is 724. The predicted octanol–water partition coefficient (Wildman–Crippen LogP) is 3.03. The first-order valence-electron chi connectivity index (χ1n) is 6.89. The van der Waals surface area contributed by atoms with E-state index in [2.05, 4.69) is 0 Å². The third kappa shape index (κ3) is 2.85. The fourth-order valence-corrected chi connectivity index (χ4v) is 2.78. The van der Waals surface area contributed by atoms with Crippen LogP contribution in [0.1, 0.15) is 12.2 Å². The van der Waals surface area contributed by atoms with E-state index in [-0.39, 0.29) is 25.4 Å². The van der Waals surface area contributed by atoms with Gasteiger partial charge in [-0.15, -0.1) is 0 Å². The maximum atomic E-state index is 11.8. The minimum absolute atomic E-state index is 0.0490. The van der Waals surface area contributed by atoms with Gasteiger partial charge in [0.25, 0.3) is 0 Å². The van der Waals surface area contributed by atoms with Gasteiger partial charge in [0.05, 0.1) is 17.5 Å². The van der Waals surface area contributed by atoms with E-state index in [1.807, 2.05) is 18.2 Å². The second kappa shape index (κ2) is 5.85. The molecule has 1 N–H and O–H groups in total. The van der Waals surface area contributed by atoms with Crippen LogP contribution in [0.15, 0.2) is 40.8 Å². The minimum Gasteiger partial charge on any atom is -0.481 e. The van der Waals surface area contributed by atoms with Gasteiger partial charge in [0, 0.05) is 18.5 Å². The molecule has 0 radical (unpaired) electrons. The molecule has 0 unspecified atom stereocenters. The Morgan fingerprint density at radius 1 is 1.32 bits per heavy atom. The van der Waals surface area contributed by atoms with Crippen molar-refractivity contribution in [2.75, 3.05) is 6.54 Å². The van der Waals surface area contributed by atoms with Crippen LogP contribution in [0, 0.1) is 5.92 Å². The lowest BCUT2D eigenvalue weighted by Crippen LogP contribution is -2.25. The molecule has 5 nitrogen and oxygen atoms in total. The highest BCUT2D eigenvalue weighted by Crippen LogP contribution is 2.30. The lowest BCUT2D eigenvalue weighted by atomic mass is 10.1. The first kappa shape index (κ1) is 14.7. The first-order valence-corrected chi connectivity index (χ1v) is 7.26. The van der Waals surface area contributed by atoms with Crippen LogP contribution in [0.3, 0.4) is 0 Å². The topological polar surface area (TPSA) is 70.8 Å². The van der Waals surface area contributed by atoms with Gasteiger partial charge in [-0.1, -0.05) is 23.7 Å². The van der Waals surface area contributed by atoms with Crippen LogP contribution in [0.4, 0.5) is 0 Å². The Morgan fingerprint density at radius 2 is 2.09 bits per heavy atom. The fraction of sp³-hybridized carbons (Fsp3) is 0.250. The molecular formula is C16H14ClNO4. The van der Waals surface area contributed by atoms with Crippen LogP contribution < -0.4 is 0 Å². The summed E-state index contributed by atoms with van der Waals surface area (Å²) < 4.78 is 5.73. The van der Waals surface area contributed by atoms with Crippen LogP contribution in [0.2, 0.25) is 5.02 Å². The minimum atomic E-state index is -0.938. The van der Waals surface area contributed by atoms with E-state index in [1.54, 1.807) is 18.2 Å². The van der Waals surface area contributed by atoms with E-state index in [9.17, 15) is 9.59 Å². The molecule has 1 saturated heterocycles. The van der Waals surface area contributed by atoms with Gasteiger partial charge >= 0.3 is 5.97 Å². The van der Waals surface area contributed by atoms with Gasteiger partial charge in [-0.05, 0) is 24.3 Å². The molecule has 3 rings (SSSR count). The summed E-state index contributed by atoms with van der Waals surface area (Å²) in [5, 5.41) is 9.57. The number of halogens is 1. The van der Waals surface area contributed by atoms with Gasteiger partial charge in [-0.25, -0.2) is 0 Å². The maximum Gasteiger partial charge on any atom is 0.308 e. The summed E-state index contributed by atoms with van der Waals surface area (Å²) in [6.45, 7) is 0.489. The summed E-state index contributed by atoms with van der Waals surface area (Å²) in [6, 6.07) is 10.9. The number of hydrogen-bond acceptors (Lipinski definition) is 3. The lowest BCUT2D eigenvalue weighted by Gasteiger charge is -2.13. The number of furan rings is 1. The van der Waals surface area contributed by atoms with Crippen LogP contribution in [-0.2, 0) is 16.1 Å². The van der Waals surface area contributed by atoms with Crippen molar-refractivity contribution in [3.8, 4) is 11.3 Å². The highest BCUT2D eigenvalue weighted by molar-refractivity contribution is 6.33. The van der Waals surface area contributed by atoms with Crippen LogP contribution in [0.5, 0.6) is 0 Å². The number of carboxylic acid groups (broad SMARTS) is 1. The second-order valence-corrected chi connectivity index (χ2v) is 5.67. The molecule has 2 heterocycles. The van der Waals surface area contributed by atoms with Crippen molar-refractivity contribution in [2.45, 2.75) is 13.0 Å². The number of carbonyl (C=O) groups excluding carboxylic acids is 1. The Morgan fingerprint density at radius 3 is 2.77 bits per heavy atom. The average molecular weight is 320 g/mol. The van der Waals surface area contributed by atoms with Gasteiger partial charge in [0.1, 0.15) is 11.5 Å². The van der Waals surface area contributed by atoms with Crippen molar-refractivity contribution < 1.29 is 19.1 Å². The summed E-state index contributed by atoms with van der Waals surface area (Å²) in [5.74, 6) is -0.503. The molecule has 2 aromatic rings. The van der Waals surface area contributed by atoms with Crippen molar-refractivity contribution in [1.82, 2.24) is 4.90 Å². The number of hydrogen-bond donors (Lipinski definition) is 1. The zero-order valence-corrected chi connectivity index (χ0v) is 12.4. The van der Waals surface area contributed by atoms with E-state index in [1.165, 1.54) is 4.90 Å². The summed E-state index contributed by atoms with van der Waals surface area (Å²) >= 11 is 6.13. The lowest BCUT2D eigenvalue weighted by molar-refractivity contribution is -0.141. The normalized spacial score (nSPS) is 18.0. The van der Waals surface area contributed by atoms with Crippen molar-refractivity contribution in [1.29, 1.82) is 0 Å². The first-order chi connectivity index (χ1) is 10.5. The van der Waals surface area contributed by atoms with Gasteiger partial charge < -0.3 is 14.4 Å². The van der Waals surface area contributed by atoms with Gasteiger partial charge in [-0.2, -0.15) is 0 Å². The van der Waals surface area contributed by atoms with Crippen LogP contribution in [-0.4, -0.2) is 28.4 Å². The van der Waals surface area contributed by atoms with E-state index in [0.717, 1.165) is 5.56 Å². The van der Waals surface area contributed by atoms with Crippen molar-refractivity contribution in [3.05, 3.63) is 47.2 Å². The number of nitrogens with zero attached hydrogens (tertiary/aromatic N) is 1. The molecule has 1 amide bonds. The average Bonchev–Trinajstić information content (AvgIpc) is 3.08. The Hall–Kier alpha value is -2.27. The smallest absolute Gasteiger partial charge is 0.308 e.